The number of imide groups is 1. The molecule has 3 N–H and O–H groups in total. The van der Waals surface area contributed by atoms with Gasteiger partial charge in [0, 0.05) is 19.4 Å². The van der Waals surface area contributed by atoms with E-state index in [9.17, 15) is 14.4 Å². The van der Waals surface area contributed by atoms with Crippen LogP contribution in [0, 0.1) is 0 Å². The first-order valence-electron chi connectivity index (χ1n) is 6.35. The number of urea groups is 1. The van der Waals surface area contributed by atoms with E-state index in [1.54, 1.807) is 6.92 Å². The Labute approximate surface area is 112 Å². The topological polar surface area (TPSA) is 105 Å². The highest BCUT2D eigenvalue weighted by atomic mass is 16.5. The first kappa shape index (κ1) is 17.4. The molecule has 0 bridgehead atoms. The molecule has 1 unspecified atom stereocenters. The molecule has 1 atom stereocenters. The number of carbonyl (C=O) groups is 3. The molecule has 0 aromatic heterocycles. The van der Waals surface area contributed by atoms with E-state index in [-0.39, 0.29) is 18.9 Å². The van der Waals surface area contributed by atoms with E-state index in [0.29, 0.717) is 26.1 Å². The lowest BCUT2D eigenvalue weighted by Crippen LogP contribution is -2.45. The number of rotatable bonds is 9. The Hall–Kier alpha value is -1.63. The van der Waals surface area contributed by atoms with Crippen molar-refractivity contribution in [3.05, 3.63) is 0 Å². The minimum absolute atomic E-state index is 0.0326. The average Bonchev–Trinajstić information content (AvgIpc) is 2.31. The van der Waals surface area contributed by atoms with Gasteiger partial charge in [-0.3, -0.25) is 14.9 Å². The van der Waals surface area contributed by atoms with Crippen molar-refractivity contribution < 1.29 is 24.2 Å². The van der Waals surface area contributed by atoms with E-state index < -0.39 is 17.9 Å². The van der Waals surface area contributed by atoms with Crippen molar-refractivity contribution in [3.8, 4) is 0 Å². The predicted molar refractivity (Wildman–Crippen MR) is 68.7 cm³/mol. The maximum atomic E-state index is 11.4. The van der Waals surface area contributed by atoms with Crippen LogP contribution >= 0.6 is 0 Å². The number of carboxylic acids is 1. The zero-order chi connectivity index (χ0) is 14.7. The van der Waals surface area contributed by atoms with Gasteiger partial charge in [0.05, 0.1) is 12.6 Å². The van der Waals surface area contributed by atoms with Crippen LogP contribution in [-0.2, 0) is 14.3 Å². The number of nitrogens with one attached hydrogen (secondary N) is 2. The number of hydrogen-bond donors (Lipinski definition) is 3. The molecule has 0 aromatic rings. The molecule has 0 spiro atoms. The molecule has 0 aromatic carbocycles. The zero-order valence-corrected chi connectivity index (χ0v) is 11.4. The standard InChI is InChI=1S/C12H22N2O5/c1-3-19-8-9(2)13-12(18)14-10(15)6-4-5-7-11(16)17/h9H,3-8H2,1-2H3,(H,16,17)(H2,13,14,15,18). The lowest BCUT2D eigenvalue weighted by Gasteiger charge is -2.13. The first-order valence-corrected chi connectivity index (χ1v) is 6.35. The average molecular weight is 274 g/mol. The van der Waals surface area contributed by atoms with Crippen molar-refractivity contribution >= 4 is 17.9 Å². The van der Waals surface area contributed by atoms with Crippen LogP contribution in [0.25, 0.3) is 0 Å². The second-order valence-corrected chi connectivity index (χ2v) is 4.18. The summed E-state index contributed by atoms with van der Waals surface area (Å²) in [6.07, 6.45) is 1.04. The molecule has 7 nitrogen and oxygen atoms in total. The minimum atomic E-state index is -0.886. The third-order valence-electron chi connectivity index (χ3n) is 2.25. The molecule has 110 valence electrons. The van der Waals surface area contributed by atoms with Crippen LogP contribution < -0.4 is 10.6 Å². The van der Waals surface area contributed by atoms with Crippen molar-refractivity contribution in [1.29, 1.82) is 0 Å². The van der Waals surface area contributed by atoms with Gasteiger partial charge in [0.2, 0.25) is 5.91 Å². The van der Waals surface area contributed by atoms with Crippen molar-refractivity contribution in [2.45, 2.75) is 45.6 Å². The summed E-state index contributed by atoms with van der Waals surface area (Å²) in [5.41, 5.74) is 0. The molecule has 3 amide bonds. The van der Waals surface area contributed by atoms with Crippen molar-refractivity contribution in [2.24, 2.45) is 0 Å². The molecule has 19 heavy (non-hydrogen) atoms. The third kappa shape index (κ3) is 11.2. The second kappa shape index (κ2) is 10.3. The fourth-order valence-electron chi connectivity index (χ4n) is 1.35. The van der Waals surface area contributed by atoms with Gasteiger partial charge in [0.15, 0.2) is 0 Å². The quantitative estimate of drug-likeness (QED) is 0.541. The van der Waals surface area contributed by atoms with Gasteiger partial charge in [0.1, 0.15) is 0 Å². The number of carbonyl (C=O) groups excluding carboxylic acids is 2. The molecule has 0 saturated carbocycles. The Morgan fingerprint density at radius 2 is 1.84 bits per heavy atom. The molecular formula is C12H22N2O5. The maximum absolute atomic E-state index is 11.4. The number of unbranched alkanes of at least 4 members (excludes halogenated alkanes) is 1. The minimum Gasteiger partial charge on any atom is -0.481 e. The summed E-state index contributed by atoms with van der Waals surface area (Å²) in [6.45, 7) is 4.58. The Kier molecular flexibility index (Phi) is 9.42. The summed E-state index contributed by atoms with van der Waals surface area (Å²) in [5, 5.41) is 13.2. The smallest absolute Gasteiger partial charge is 0.321 e. The highest BCUT2D eigenvalue weighted by molar-refractivity contribution is 5.94. The van der Waals surface area contributed by atoms with Crippen LogP contribution in [0.5, 0.6) is 0 Å². The molecule has 0 heterocycles. The second-order valence-electron chi connectivity index (χ2n) is 4.18. The van der Waals surface area contributed by atoms with E-state index in [4.69, 9.17) is 9.84 Å². The van der Waals surface area contributed by atoms with Crippen molar-refractivity contribution in [1.82, 2.24) is 10.6 Å². The van der Waals surface area contributed by atoms with E-state index in [1.165, 1.54) is 0 Å². The summed E-state index contributed by atoms with van der Waals surface area (Å²) in [6, 6.07) is -0.741. The zero-order valence-electron chi connectivity index (χ0n) is 11.4. The summed E-state index contributed by atoms with van der Waals surface area (Å²) >= 11 is 0. The number of hydrogen-bond acceptors (Lipinski definition) is 4. The van der Waals surface area contributed by atoms with Crippen molar-refractivity contribution in [2.75, 3.05) is 13.2 Å². The molecule has 0 radical (unpaired) electrons. The monoisotopic (exact) mass is 274 g/mol. The lowest BCUT2D eigenvalue weighted by atomic mass is 10.2. The molecule has 0 aliphatic carbocycles. The summed E-state index contributed by atoms with van der Waals surface area (Å²) in [4.78, 5) is 33.0. The third-order valence-corrected chi connectivity index (χ3v) is 2.25. The highest BCUT2D eigenvalue weighted by Crippen LogP contribution is 1.99. The number of ether oxygens (including phenoxy) is 1. The van der Waals surface area contributed by atoms with E-state index in [0.717, 1.165) is 0 Å². The van der Waals surface area contributed by atoms with Crippen LogP contribution in [0.3, 0.4) is 0 Å². The van der Waals surface area contributed by atoms with E-state index >= 15 is 0 Å². The van der Waals surface area contributed by atoms with Gasteiger partial charge in [0.25, 0.3) is 0 Å². The Bertz CT molecular complexity index is 306. The maximum Gasteiger partial charge on any atom is 0.321 e. The SMILES string of the molecule is CCOCC(C)NC(=O)NC(=O)CCCCC(=O)O. The van der Waals surface area contributed by atoms with Gasteiger partial charge in [-0.05, 0) is 26.7 Å². The number of carboxylic acid groups (broad SMARTS) is 1. The van der Waals surface area contributed by atoms with E-state index in [2.05, 4.69) is 10.6 Å². The molecule has 0 aliphatic rings. The van der Waals surface area contributed by atoms with Crippen LogP contribution in [0.4, 0.5) is 4.79 Å². The fourth-order valence-corrected chi connectivity index (χ4v) is 1.35. The number of aliphatic carboxylic acids is 1. The Morgan fingerprint density at radius 1 is 1.21 bits per heavy atom. The highest BCUT2D eigenvalue weighted by Gasteiger charge is 2.10. The van der Waals surface area contributed by atoms with Gasteiger partial charge in [-0.15, -0.1) is 0 Å². The Balaban J connectivity index is 3.68. The van der Waals surface area contributed by atoms with Gasteiger partial charge in [-0.1, -0.05) is 0 Å². The van der Waals surface area contributed by atoms with Gasteiger partial charge in [-0.25, -0.2) is 4.79 Å². The summed E-state index contributed by atoms with van der Waals surface area (Å²) < 4.78 is 5.12. The van der Waals surface area contributed by atoms with Gasteiger partial charge in [-0.2, -0.15) is 0 Å². The van der Waals surface area contributed by atoms with Gasteiger partial charge >= 0.3 is 12.0 Å². The number of amides is 3. The normalized spacial score (nSPS) is 11.7. The summed E-state index contributed by atoms with van der Waals surface area (Å²) in [7, 11) is 0. The molecule has 7 heteroatoms. The largest absolute Gasteiger partial charge is 0.481 e. The van der Waals surface area contributed by atoms with Gasteiger partial charge < -0.3 is 15.2 Å². The van der Waals surface area contributed by atoms with Crippen LogP contribution in [0.15, 0.2) is 0 Å². The molecule has 0 rings (SSSR count). The summed E-state index contributed by atoms with van der Waals surface area (Å²) in [5.74, 6) is -1.30. The molecular weight excluding hydrogens is 252 g/mol. The Morgan fingerprint density at radius 3 is 2.42 bits per heavy atom. The molecule has 0 saturated heterocycles. The molecule has 0 aliphatic heterocycles. The molecule has 0 fully saturated rings. The predicted octanol–water partition coefficient (Wildman–Crippen LogP) is 0.882. The lowest BCUT2D eigenvalue weighted by molar-refractivity contribution is -0.137. The van der Waals surface area contributed by atoms with E-state index in [1.807, 2.05) is 6.92 Å². The fraction of sp³-hybridized carbons (Fsp3) is 0.750. The van der Waals surface area contributed by atoms with Crippen molar-refractivity contribution in [3.63, 3.8) is 0 Å². The van der Waals surface area contributed by atoms with Crippen LogP contribution in [0.2, 0.25) is 0 Å². The van der Waals surface area contributed by atoms with Crippen LogP contribution in [0.1, 0.15) is 39.5 Å². The van der Waals surface area contributed by atoms with Crippen LogP contribution in [-0.4, -0.2) is 42.3 Å². The first-order chi connectivity index (χ1) is 8.95.